The van der Waals surface area contributed by atoms with Crippen LogP contribution in [0.15, 0.2) is 22.9 Å². The minimum absolute atomic E-state index is 0.0723. The quantitative estimate of drug-likeness (QED) is 0.855. The summed E-state index contributed by atoms with van der Waals surface area (Å²) in [7, 11) is 0. The number of hydrogen-bond acceptors (Lipinski definition) is 5. The van der Waals surface area contributed by atoms with Crippen LogP contribution in [0.2, 0.25) is 0 Å². The number of amides is 1. The van der Waals surface area contributed by atoms with Crippen LogP contribution in [0, 0.1) is 0 Å². The van der Waals surface area contributed by atoms with Crippen molar-refractivity contribution >= 4 is 28.6 Å². The molecular formula is C14H19N3OS2. The van der Waals surface area contributed by atoms with Crippen molar-refractivity contribution in [1.82, 2.24) is 15.2 Å². The molecule has 0 aromatic carbocycles. The van der Waals surface area contributed by atoms with Crippen molar-refractivity contribution in [3.8, 4) is 9.88 Å². The maximum absolute atomic E-state index is 11.6. The minimum atomic E-state index is 0.0723. The largest absolute Gasteiger partial charge is 0.355 e. The Labute approximate surface area is 127 Å². The number of nitrogens with zero attached hydrogens (tertiary/aromatic N) is 2. The van der Waals surface area contributed by atoms with Crippen molar-refractivity contribution in [2.24, 2.45) is 0 Å². The van der Waals surface area contributed by atoms with Gasteiger partial charge in [0.2, 0.25) is 5.91 Å². The van der Waals surface area contributed by atoms with E-state index >= 15 is 0 Å². The molecule has 1 N–H and O–H groups in total. The number of thiazole rings is 1. The topological polar surface area (TPSA) is 45.2 Å². The monoisotopic (exact) mass is 309 g/mol. The predicted molar refractivity (Wildman–Crippen MR) is 85.1 cm³/mol. The molecule has 4 nitrogen and oxygen atoms in total. The number of carbonyl (C=O) groups excluding carboxylic acids is 1. The lowest BCUT2D eigenvalue weighted by Crippen LogP contribution is -2.36. The molecule has 0 saturated heterocycles. The molecule has 0 saturated carbocycles. The van der Waals surface area contributed by atoms with E-state index in [4.69, 9.17) is 0 Å². The highest BCUT2D eigenvalue weighted by Gasteiger charge is 2.12. The molecule has 2 rings (SSSR count). The average Bonchev–Trinajstić information content (AvgIpc) is 3.08. The van der Waals surface area contributed by atoms with Gasteiger partial charge in [-0.3, -0.25) is 9.69 Å². The molecule has 0 aliphatic carbocycles. The van der Waals surface area contributed by atoms with E-state index in [0.717, 1.165) is 23.8 Å². The summed E-state index contributed by atoms with van der Waals surface area (Å²) in [6, 6.07) is 4.12. The molecule has 0 fully saturated rings. The molecule has 20 heavy (non-hydrogen) atoms. The number of nitrogens with one attached hydrogen (secondary N) is 1. The summed E-state index contributed by atoms with van der Waals surface area (Å²) in [6.07, 6.45) is 0. The van der Waals surface area contributed by atoms with E-state index in [9.17, 15) is 4.79 Å². The first-order valence-electron chi connectivity index (χ1n) is 6.70. The lowest BCUT2D eigenvalue weighted by atomic mass is 10.4. The Morgan fingerprint density at radius 2 is 2.25 bits per heavy atom. The fourth-order valence-electron chi connectivity index (χ4n) is 1.86. The first-order valence-corrected chi connectivity index (χ1v) is 8.46. The van der Waals surface area contributed by atoms with Crippen molar-refractivity contribution < 1.29 is 4.79 Å². The molecule has 0 unspecified atom stereocenters. The molecule has 1 amide bonds. The number of aromatic nitrogens is 1. The first-order chi connectivity index (χ1) is 9.72. The van der Waals surface area contributed by atoms with Gasteiger partial charge < -0.3 is 5.32 Å². The first kappa shape index (κ1) is 15.2. The van der Waals surface area contributed by atoms with Gasteiger partial charge in [-0.2, -0.15) is 0 Å². The molecule has 2 aromatic heterocycles. The second kappa shape index (κ2) is 7.52. The van der Waals surface area contributed by atoms with Gasteiger partial charge in [0.25, 0.3) is 0 Å². The van der Waals surface area contributed by atoms with Crippen LogP contribution >= 0.6 is 22.7 Å². The van der Waals surface area contributed by atoms with Crippen LogP contribution < -0.4 is 5.32 Å². The molecule has 108 valence electrons. The molecule has 0 radical (unpaired) electrons. The summed E-state index contributed by atoms with van der Waals surface area (Å²) in [5.41, 5.74) is 1.03. The predicted octanol–water partition coefficient (Wildman–Crippen LogP) is 2.83. The molecule has 0 atom stereocenters. The molecule has 2 heterocycles. The van der Waals surface area contributed by atoms with Crippen LogP contribution in [0.4, 0.5) is 0 Å². The van der Waals surface area contributed by atoms with E-state index in [1.807, 2.05) is 13.0 Å². The Morgan fingerprint density at radius 3 is 2.90 bits per heavy atom. The third kappa shape index (κ3) is 4.13. The van der Waals surface area contributed by atoms with E-state index in [-0.39, 0.29) is 5.91 Å². The second-order valence-electron chi connectivity index (χ2n) is 4.38. The Hall–Kier alpha value is -1.24. The summed E-state index contributed by atoms with van der Waals surface area (Å²) < 4.78 is 0. The van der Waals surface area contributed by atoms with Gasteiger partial charge in [0.15, 0.2) is 0 Å². The SMILES string of the molecule is CCNC(=O)CN(CC)Cc1csc(-c2cccs2)n1. The Morgan fingerprint density at radius 1 is 1.40 bits per heavy atom. The van der Waals surface area contributed by atoms with Crippen LogP contribution in [0.25, 0.3) is 9.88 Å². The highest BCUT2D eigenvalue weighted by molar-refractivity contribution is 7.20. The highest BCUT2D eigenvalue weighted by atomic mass is 32.1. The van der Waals surface area contributed by atoms with Gasteiger partial charge >= 0.3 is 0 Å². The van der Waals surface area contributed by atoms with Crippen molar-refractivity contribution in [3.63, 3.8) is 0 Å². The molecule has 0 spiro atoms. The number of thiophene rings is 1. The summed E-state index contributed by atoms with van der Waals surface area (Å²) in [4.78, 5) is 19.6. The fraction of sp³-hybridized carbons (Fsp3) is 0.429. The molecule has 0 aliphatic heterocycles. The van der Waals surface area contributed by atoms with Crippen LogP contribution in [0.5, 0.6) is 0 Å². The van der Waals surface area contributed by atoms with Crippen molar-refractivity contribution in [1.29, 1.82) is 0 Å². The minimum Gasteiger partial charge on any atom is -0.355 e. The van der Waals surface area contributed by atoms with E-state index in [1.54, 1.807) is 22.7 Å². The van der Waals surface area contributed by atoms with E-state index in [0.29, 0.717) is 13.1 Å². The number of carbonyl (C=O) groups is 1. The average molecular weight is 309 g/mol. The van der Waals surface area contributed by atoms with Crippen LogP contribution in [0.1, 0.15) is 19.5 Å². The molecule has 2 aromatic rings. The highest BCUT2D eigenvalue weighted by Crippen LogP contribution is 2.28. The lowest BCUT2D eigenvalue weighted by molar-refractivity contribution is -0.122. The van der Waals surface area contributed by atoms with Crippen LogP contribution in [-0.4, -0.2) is 35.4 Å². The normalized spacial score (nSPS) is 10.9. The zero-order valence-electron chi connectivity index (χ0n) is 11.8. The van der Waals surface area contributed by atoms with Crippen molar-refractivity contribution in [2.45, 2.75) is 20.4 Å². The Balaban J connectivity index is 1.96. The smallest absolute Gasteiger partial charge is 0.234 e. The van der Waals surface area contributed by atoms with Gasteiger partial charge in [-0.1, -0.05) is 13.0 Å². The third-order valence-electron chi connectivity index (χ3n) is 2.86. The summed E-state index contributed by atoms with van der Waals surface area (Å²) in [5.74, 6) is 0.0723. The maximum atomic E-state index is 11.6. The second-order valence-corrected chi connectivity index (χ2v) is 6.18. The number of hydrogen-bond donors (Lipinski definition) is 1. The van der Waals surface area contributed by atoms with Crippen molar-refractivity contribution in [3.05, 3.63) is 28.6 Å². The molecule has 0 aliphatic rings. The number of rotatable bonds is 7. The van der Waals surface area contributed by atoms with Gasteiger partial charge in [-0.05, 0) is 24.9 Å². The standard InChI is InChI=1S/C14H19N3OS2/c1-3-15-13(18)9-17(4-2)8-11-10-20-14(16-11)12-6-5-7-19-12/h5-7,10H,3-4,8-9H2,1-2H3,(H,15,18). The van der Waals surface area contributed by atoms with Crippen LogP contribution in [-0.2, 0) is 11.3 Å². The maximum Gasteiger partial charge on any atom is 0.234 e. The van der Waals surface area contributed by atoms with Gasteiger partial charge in [-0.15, -0.1) is 22.7 Å². The third-order valence-corrected chi connectivity index (χ3v) is 4.79. The van der Waals surface area contributed by atoms with E-state index in [2.05, 4.69) is 39.0 Å². The van der Waals surface area contributed by atoms with Gasteiger partial charge in [0, 0.05) is 18.5 Å². The summed E-state index contributed by atoms with van der Waals surface area (Å²) >= 11 is 3.36. The van der Waals surface area contributed by atoms with Gasteiger partial charge in [-0.25, -0.2) is 4.98 Å². The molecule has 0 bridgehead atoms. The Bertz CT molecular complexity index is 536. The van der Waals surface area contributed by atoms with E-state index in [1.165, 1.54) is 4.88 Å². The van der Waals surface area contributed by atoms with E-state index < -0.39 is 0 Å². The molecule has 6 heteroatoms. The summed E-state index contributed by atoms with van der Waals surface area (Å²) in [6.45, 7) is 6.65. The Kier molecular flexibility index (Phi) is 5.70. The zero-order chi connectivity index (χ0) is 14.4. The van der Waals surface area contributed by atoms with Crippen molar-refractivity contribution in [2.75, 3.05) is 19.6 Å². The van der Waals surface area contributed by atoms with Gasteiger partial charge in [0.1, 0.15) is 5.01 Å². The fourth-order valence-corrected chi connectivity index (χ4v) is 3.48. The van der Waals surface area contributed by atoms with Gasteiger partial charge in [0.05, 0.1) is 17.1 Å². The summed E-state index contributed by atoms with van der Waals surface area (Å²) in [5, 5.41) is 8.02. The number of likely N-dealkylation sites (N-methyl/N-ethyl adjacent to an activating group) is 2. The zero-order valence-corrected chi connectivity index (χ0v) is 13.4. The molecular weight excluding hydrogens is 290 g/mol. The lowest BCUT2D eigenvalue weighted by Gasteiger charge is -2.18. The van der Waals surface area contributed by atoms with Crippen LogP contribution in [0.3, 0.4) is 0 Å².